The van der Waals surface area contributed by atoms with E-state index in [2.05, 4.69) is 10.2 Å². The fourth-order valence-corrected chi connectivity index (χ4v) is 6.82. The normalized spacial score (nSPS) is 20.2. The van der Waals surface area contributed by atoms with Crippen LogP contribution in [0.5, 0.6) is 11.5 Å². The van der Waals surface area contributed by atoms with E-state index < -0.39 is 10.0 Å². The molecule has 6 rings (SSSR count). The fraction of sp³-hybridized carbons (Fsp3) is 0.407. The lowest BCUT2D eigenvalue weighted by Crippen LogP contribution is -2.41. The van der Waals surface area contributed by atoms with E-state index in [1.165, 1.54) is 0 Å². The van der Waals surface area contributed by atoms with E-state index in [1.807, 2.05) is 24.3 Å². The van der Waals surface area contributed by atoms with Crippen LogP contribution in [-0.2, 0) is 14.8 Å². The molecule has 9 nitrogen and oxygen atoms in total. The number of pyridine rings is 1. The summed E-state index contributed by atoms with van der Waals surface area (Å²) in [5.74, 6) is 1.92. The lowest BCUT2D eigenvalue weighted by atomic mass is 9.97. The number of sulfonamides is 1. The summed E-state index contributed by atoms with van der Waals surface area (Å²) < 4.78 is 38.6. The molecule has 10 heteroatoms. The van der Waals surface area contributed by atoms with Gasteiger partial charge in [-0.1, -0.05) is 0 Å². The SMILES string of the molecule is O=C(Nc1ccc2c(c1)OCCO2)C1CCCN(c2ccc3cc(S(=O)(=O)N4CCCC4)ccc3n2)C1. The molecular formula is C27H30N4O5S. The van der Waals surface area contributed by atoms with Gasteiger partial charge in [-0.3, -0.25) is 4.79 Å². The molecule has 1 aromatic heterocycles. The van der Waals surface area contributed by atoms with E-state index in [9.17, 15) is 13.2 Å². The number of carbonyl (C=O) groups is 1. The Kier molecular flexibility index (Phi) is 6.37. The molecule has 194 valence electrons. The second-order valence-corrected chi connectivity index (χ2v) is 11.7. The summed E-state index contributed by atoms with van der Waals surface area (Å²) in [6.07, 6.45) is 3.50. The van der Waals surface area contributed by atoms with Crippen LogP contribution < -0.4 is 19.7 Å². The number of nitrogens with zero attached hydrogens (tertiary/aromatic N) is 3. The molecule has 0 radical (unpaired) electrons. The summed E-state index contributed by atoms with van der Waals surface area (Å²) in [6.45, 7) is 3.56. The summed E-state index contributed by atoms with van der Waals surface area (Å²) in [5, 5.41) is 3.81. The van der Waals surface area contributed by atoms with Gasteiger partial charge in [0.05, 0.1) is 16.3 Å². The predicted molar refractivity (Wildman–Crippen MR) is 141 cm³/mol. The van der Waals surface area contributed by atoms with Gasteiger partial charge >= 0.3 is 0 Å². The Balaban J connectivity index is 1.15. The first-order valence-corrected chi connectivity index (χ1v) is 14.3. The molecule has 4 heterocycles. The van der Waals surface area contributed by atoms with Gasteiger partial charge in [-0.15, -0.1) is 0 Å². The van der Waals surface area contributed by atoms with Crippen LogP contribution in [0.15, 0.2) is 53.4 Å². The van der Waals surface area contributed by atoms with Gasteiger partial charge in [0.15, 0.2) is 11.5 Å². The Bertz CT molecular complexity index is 1440. The summed E-state index contributed by atoms with van der Waals surface area (Å²) in [6, 6.07) is 14.4. The van der Waals surface area contributed by atoms with Gasteiger partial charge in [-0.05, 0) is 68.1 Å². The van der Waals surface area contributed by atoms with Gasteiger partial charge in [0.2, 0.25) is 15.9 Å². The molecule has 0 spiro atoms. The van der Waals surface area contributed by atoms with Crippen LogP contribution in [0.4, 0.5) is 11.5 Å². The van der Waals surface area contributed by atoms with Gasteiger partial charge in [-0.25, -0.2) is 13.4 Å². The van der Waals surface area contributed by atoms with Crippen LogP contribution in [0.1, 0.15) is 25.7 Å². The number of aromatic nitrogens is 1. The highest BCUT2D eigenvalue weighted by Crippen LogP contribution is 2.33. The monoisotopic (exact) mass is 522 g/mol. The molecule has 0 saturated carbocycles. The fourth-order valence-electron chi connectivity index (χ4n) is 5.27. The first kappa shape index (κ1) is 24.0. The molecule has 2 fully saturated rings. The number of carbonyl (C=O) groups excluding carboxylic acids is 1. The largest absolute Gasteiger partial charge is 0.486 e. The highest BCUT2D eigenvalue weighted by atomic mass is 32.2. The summed E-state index contributed by atoms with van der Waals surface area (Å²) in [5.41, 5.74) is 1.43. The van der Waals surface area contributed by atoms with Gasteiger partial charge in [0.25, 0.3) is 0 Å². The summed E-state index contributed by atoms with van der Waals surface area (Å²) >= 11 is 0. The van der Waals surface area contributed by atoms with E-state index in [1.54, 1.807) is 28.6 Å². The maximum Gasteiger partial charge on any atom is 0.243 e. The lowest BCUT2D eigenvalue weighted by molar-refractivity contribution is -0.120. The van der Waals surface area contributed by atoms with Crippen molar-refractivity contribution in [3.8, 4) is 11.5 Å². The molecule has 3 aliphatic rings. The highest BCUT2D eigenvalue weighted by molar-refractivity contribution is 7.89. The average molecular weight is 523 g/mol. The van der Waals surface area contributed by atoms with Crippen molar-refractivity contribution in [1.29, 1.82) is 0 Å². The molecule has 3 aliphatic heterocycles. The topological polar surface area (TPSA) is 101 Å². The van der Waals surface area contributed by atoms with Crippen molar-refractivity contribution in [1.82, 2.24) is 9.29 Å². The molecule has 1 amide bonds. The summed E-state index contributed by atoms with van der Waals surface area (Å²) in [7, 11) is -3.47. The third-order valence-electron chi connectivity index (χ3n) is 7.27. The van der Waals surface area contributed by atoms with E-state index in [0.29, 0.717) is 54.9 Å². The van der Waals surface area contributed by atoms with E-state index in [0.717, 1.165) is 48.9 Å². The van der Waals surface area contributed by atoms with E-state index in [4.69, 9.17) is 14.5 Å². The number of benzene rings is 2. The Morgan fingerprint density at radius 1 is 0.919 bits per heavy atom. The molecule has 2 aromatic carbocycles. The minimum absolute atomic E-state index is 0.0288. The Morgan fingerprint density at radius 3 is 2.57 bits per heavy atom. The zero-order valence-corrected chi connectivity index (χ0v) is 21.4. The Hall–Kier alpha value is -3.37. The molecule has 1 atom stereocenters. The standard InChI is InChI=1S/C27H30N4O5S/c32-27(28-21-6-9-24-25(17-21)36-15-14-35-24)20-4-3-11-30(18-20)26-10-5-19-16-22(7-8-23(19)29-26)37(33,34)31-12-1-2-13-31/h5-10,16-17,20H,1-4,11-15,18H2,(H,28,32). The molecule has 37 heavy (non-hydrogen) atoms. The maximum absolute atomic E-state index is 13.1. The van der Waals surface area contributed by atoms with Crippen molar-refractivity contribution in [2.45, 2.75) is 30.6 Å². The molecule has 3 aromatic rings. The van der Waals surface area contributed by atoms with Gasteiger partial charge < -0.3 is 19.7 Å². The van der Waals surface area contributed by atoms with Crippen molar-refractivity contribution < 1.29 is 22.7 Å². The van der Waals surface area contributed by atoms with Crippen LogP contribution >= 0.6 is 0 Å². The number of ether oxygens (including phenoxy) is 2. The molecule has 1 N–H and O–H groups in total. The number of hydrogen-bond donors (Lipinski definition) is 1. The molecule has 0 bridgehead atoms. The first-order valence-electron chi connectivity index (χ1n) is 12.8. The molecule has 1 unspecified atom stereocenters. The number of piperidine rings is 1. The number of hydrogen-bond acceptors (Lipinski definition) is 7. The average Bonchev–Trinajstić information content (AvgIpc) is 3.49. The second-order valence-electron chi connectivity index (χ2n) is 9.77. The first-order chi connectivity index (χ1) is 18.0. The van der Waals surface area contributed by atoms with Crippen molar-refractivity contribution in [3.05, 3.63) is 48.5 Å². The minimum Gasteiger partial charge on any atom is -0.486 e. The van der Waals surface area contributed by atoms with Gasteiger partial charge in [0, 0.05) is 43.3 Å². The number of amides is 1. The van der Waals surface area contributed by atoms with Gasteiger partial charge in [-0.2, -0.15) is 4.31 Å². The van der Waals surface area contributed by atoms with Crippen LogP contribution in [0.25, 0.3) is 10.9 Å². The zero-order chi connectivity index (χ0) is 25.4. The maximum atomic E-state index is 13.1. The number of fused-ring (bicyclic) bond motifs is 2. The van der Waals surface area contributed by atoms with Gasteiger partial charge in [0.1, 0.15) is 19.0 Å². The summed E-state index contributed by atoms with van der Waals surface area (Å²) in [4.78, 5) is 20.3. The van der Waals surface area contributed by atoms with E-state index in [-0.39, 0.29) is 11.8 Å². The zero-order valence-electron chi connectivity index (χ0n) is 20.6. The third-order valence-corrected chi connectivity index (χ3v) is 9.17. The number of nitrogens with one attached hydrogen (secondary N) is 1. The van der Waals surface area contributed by atoms with Crippen LogP contribution in [-0.4, -0.2) is 63.0 Å². The highest BCUT2D eigenvalue weighted by Gasteiger charge is 2.29. The van der Waals surface area contributed by atoms with Crippen LogP contribution in [0.2, 0.25) is 0 Å². The second kappa shape index (κ2) is 9.83. The predicted octanol–water partition coefficient (Wildman–Crippen LogP) is 3.65. The van der Waals surface area contributed by atoms with Crippen molar-refractivity contribution in [3.63, 3.8) is 0 Å². The van der Waals surface area contributed by atoms with Crippen molar-refractivity contribution >= 4 is 38.3 Å². The number of anilines is 2. The molecule has 0 aliphatic carbocycles. The van der Waals surface area contributed by atoms with Crippen LogP contribution in [0.3, 0.4) is 0 Å². The lowest BCUT2D eigenvalue weighted by Gasteiger charge is -2.33. The molecule has 2 saturated heterocycles. The number of rotatable bonds is 5. The van der Waals surface area contributed by atoms with Crippen molar-refractivity contribution in [2.24, 2.45) is 5.92 Å². The smallest absolute Gasteiger partial charge is 0.243 e. The minimum atomic E-state index is -3.47. The quantitative estimate of drug-likeness (QED) is 0.546. The van der Waals surface area contributed by atoms with Crippen LogP contribution in [0, 0.1) is 5.92 Å². The third kappa shape index (κ3) is 4.83. The van der Waals surface area contributed by atoms with Crippen molar-refractivity contribution in [2.75, 3.05) is 49.6 Å². The Labute approximate surface area is 216 Å². The van der Waals surface area contributed by atoms with E-state index >= 15 is 0 Å². The molecular weight excluding hydrogens is 492 g/mol. The Morgan fingerprint density at radius 2 is 1.73 bits per heavy atom.